The van der Waals surface area contributed by atoms with Gasteiger partial charge in [0.05, 0.1) is 11.7 Å². The van der Waals surface area contributed by atoms with Gasteiger partial charge in [0.15, 0.2) is 0 Å². The predicted octanol–water partition coefficient (Wildman–Crippen LogP) is 2.23. The summed E-state index contributed by atoms with van der Waals surface area (Å²) < 4.78 is 7.07. The Kier molecular flexibility index (Phi) is 5.42. The zero-order valence-electron chi connectivity index (χ0n) is 17.6. The SMILES string of the molecule is CC(c1nc(-c2ccccc2)no1)N1CCN(C(=O)c2ccc(-n3cnnn3)cc2)CC1. The van der Waals surface area contributed by atoms with Crippen molar-refractivity contribution in [1.29, 1.82) is 0 Å². The van der Waals surface area contributed by atoms with Crippen LogP contribution in [0, 0.1) is 0 Å². The number of hydrogen-bond acceptors (Lipinski definition) is 8. The number of benzene rings is 2. The number of carbonyl (C=O) groups is 1. The highest BCUT2D eigenvalue weighted by Crippen LogP contribution is 2.24. The van der Waals surface area contributed by atoms with Gasteiger partial charge in [0.1, 0.15) is 6.33 Å². The molecule has 4 aromatic rings. The van der Waals surface area contributed by atoms with Crippen molar-refractivity contribution >= 4 is 5.91 Å². The third-order valence-electron chi connectivity index (χ3n) is 5.71. The zero-order chi connectivity index (χ0) is 21.9. The van der Waals surface area contributed by atoms with Crippen molar-refractivity contribution in [2.24, 2.45) is 0 Å². The van der Waals surface area contributed by atoms with Crippen molar-refractivity contribution in [3.63, 3.8) is 0 Å². The quantitative estimate of drug-likeness (QED) is 0.475. The third kappa shape index (κ3) is 4.00. The molecule has 0 saturated carbocycles. The first-order valence-electron chi connectivity index (χ1n) is 10.4. The van der Waals surface area contributed by atoms with Crippen molar-refractivity contribution < 1.29 is 9.32 Å². The molecule has 0 aliphatic carbocycles. The van der Waals surface area contributed by atoms with E-state index in [2.05, 4.69) is 37.5 Å². The minimum absolute atomic E-state index is 0.0183. The van der Waals surface area contributed by atoms with E-state index in [4.69, 9.17) is 4.52 Å². The second-order valence-corrected chi connectivity index (χ2v) is 7.63. The second kappa shape index (κ2) is 8.67. The highest BCUT2D eigenvalue weighted by molar-refractivity contribution is 5.94. The molecule has 1 saturated heterocycles. The molecule has 2 aromatic heterocycles. The van der Waals surface area contributed by atoms with E-state index in [9.17, 15) is 4.79 Å². The van der Waals surface area contributed by atoms with Gasteiger partial charge in [-0.05, 0) is 41.6 Å². The average Bonchev–Trinajstić information content (AvgIpc) is 3.57. The number of amides is 1. The molecular formula is C22H22N8O2. The van der Waals surface area contributed by atoms with Gasteiger partial charge in [0.2, 0.25) is 11.7 Å². The van der Waals surface area contributed by atoms with Crippen LogP contribution in [-0.2, 0) is 0 Å². The predicted molar refractivity (Wildman–Crippen MR) is 115 cm³/mol. The Hall–Kier alpha value is -3.92. The van der Waals surface area contributed by atoms with Crippen LogP contribution in [0.25, 0.3) is 17.1 Å². The number of hydrogen-bond donors (Lipinski definition) is 0. The number of nitrogens with zero attached hydrogens (tertiary/aromatic N) is 8. The fraction of sp³-hybridized carbons (Fsp3) is 0.273. The molecule has 32 heavy (non-hydrogen) atoms. The number of carbonyl (C=O) groups excluding carboxylic acids is 1. The normalized spacial score (nSPS) is 15.6. The lowest BCUT2D eigenvalue weighted by Gasteiger charge is -2.36. The fourth-order valence-corrected chi connectivity index (χ4v) is 3.80. The average molecular weight is 430 g/mol. The van der Waals surface area contributed by atoms with Gasteiger partial charge in [0.25, 0.3) is 5.91 Å². The smallest absolute Gasteiger partial charge is 0.253 e. The van der Waals surface area contributed by atoms with Crippen molar-refractivity contribution in [2.75, 3.05) is 26.2 Å². The Morgan fingerprint density at radius 1 is 1.00 bits per heavy atom. The number of tetrazole rings is 1. The van der Waals surface area contributed by atoms with E-state index >= 15 is 0 Å². The van der Waals surface area contributed by atoms with Gasteiger partial charge in [-0.1, -0.05) is 35.5 Å². The highest BCUT2D eigenvalue weighted by atomic mass is 16.5. The van der Waals surface area contributed by atoms with Crippen LogP contribution in [0.5, 0.6) is 0 Å². The molecule has 0 bridgehead atoms. The first kappa shape index (κ1) is 20.0. The molecule has 1 aliphatic rings. The molecule has 0 N–H and O–H groups in total. The maximum Gasteiger partial charge on any atom is 0.253 e. The summed E-state index contributed by atoms with van der Waals surface area (Å²) in [6.07, 6.45) is 1.52. The van der Waals surface area contributed by atoms with E-state index in [0.29, 0.717) is 30.4 Å². The van der Waals surface area contributed by atoms with Crippen LogP contribution in [0.4, 0.5) is 0 Å². The molecule has 5 rings (SSSR count). The van der Waals surface area contributed by atoms with Crippen LogP contribution in [0.1, 0.15) is 29.2 Å². The number of rotatable bonds is 5. The van der Waals surface area contributed by atoms with Crippen molar-refractivity contribution in [3.05, 3.63) is 72.4 Å². The van der Waals surface area contributed by atoms with E-state index in [1.54, 1.807) is 16.8 Å². The van der Waals surface area contributed by atoms with Crippen molar-refractivity contribution in [1.82, 2.24) is 40.1 Å². The molecule has 2 aromatic carbocycles. The Bertz CT molecular complexity index is 1170. The molecule has 1 aliphatic heterocycles. The molecule has 10 nitrogen and oxygen atoms in total. The van der Waals surface area contributed by atoms with Gasteiger partial charge in [0, 0.05) is 37.3 Å². The Morgan fingerprint density at radius 3 is 2.44 bits per heavy atom. The molecule has 1 fully saturated rings. The number of aromatic nitrogens is 6. The first-order valence-corrected chi connectivity index (χ1v) is 10.4. The van der Waals surface area contributed by atoms with Crippen LogP contribution in [0.15, 0.2) is 65.4 Å². The van der Waals surface area contributed by atoms with Gasteiger partial charge in [-0.15, -0.1) is 5.10 Å². The first-order chi connectivity index (χ1) is 15.7. The summed E-state index contributed by atoms with van der Waals surface area (Å²) in [5.41, 5.74) is 2.38. The standard InChI is InChI=1S/C22H22N8O2/c1-16(21-24-20(25-32-21)17-5-3-2-4-6-17)28-11-13-29(14-12-28)22(31)18-7-9-19(10-8-18)30-15-23-26-27-30/h2-10,15-16H,11-14H2,1H3. The lowest BCUT2D eigenvalue weighted by Crippen LogP contribution is -2.49. The van der Waals surface area contributed by atoms with Crippen LogP contribution >= 0.6 is 0 Å². The van der Waals surface area contributed by atoms with E-state index < -0.39 is 0 Å². The van der Waals surface area contributed by atoms with Crippen molar-refractivity contribution in [2.45, 2.75) is 13.0 Å². The van der Waals surface area contributed by atoms with E-state index in [0.717, 1.165) is 24.3 Å². The molecule has 0 radical (unpaired) electrons. The molecule has 1 amide bonds. The molecule has 162 valence electrons. The Labute approximate surface area is 184 Å². The van der Waals surface area contributed by atoms with E-state index in [-0.39, 0.29) is 11.9 Å². The lowest BCUT2D eigenvalue weighted by atomic mass is 10.1. The largest absolute Gasteiger partial charge is 0.337 e. The second-order valence-electron chi connectivity index (χ2n) is 7.63. The molecular weight excluding hydrogens is 408 g/mol. The molecule has 1 unspecified atom stereocenters. The summed E-state index contributed by atoms with van der Waals surface area (Å²) in [5, 5.41) is 15.2. The van der Waals surface area contributed by atoms with Gasteiger partial charge in [-0.3, -0.25) is 9.69 Å². The summed E-state index contributed by atoms with van der Waals surface area (Å²) in [6, 6.07) is 17.0. The molecule has 0 spiro atoms. The fourth-order valence-electron chi connectivity index (χ4n) is 3.80. The third-order valence-corrected chi connectivity index (χ3v) is 5.71. The topological polar surface area (TPSA) is 106 Å². The van der Waals surface area contributed by atoms with Crippen molar-refractivity contribution in [3.8, 4) is 17.1 Å². The minimum Gasteiger partial charge on any atom is -0.337 e. The highest BCUT2D eigenvalue weighted by Gasteiger charge is 2.28. The summed E-state index contributed by atoms with van der Waals surface area (Å²) in [7, 11) is 0. The van der Waals surface area contributed by atoms with Gasteiger partial charge in [-0.2, -0.15) is 4.98 Å². The molecule has 10 heteroatoms. The molecule has 1 atom stereocenters. The van der Waals surface area contributed by atoms with Crippen LogP contribution in [0.3, 0.4) is 0 Å². The Morgan fingerprint density at radius 2 is 1.75 bits per heavy atom. The monoisotopic (exact) mass is 430 g/mol. The summed E-state index contributed by atoms with van der Waals surface area (Å²) in [6.45, 7) is 4.80. The molecule has 3 heterocycles. The number of piperazine rings is 1. The summed E-state index contributed by atoms with van der Waals surface area (Å²) in [4.78, 5) is 21.6. The van der Waals surface area contributed by atoms with Crippen LogP contribution in [0.2, 0.25) is 0 Å². The zero-order valence-corrected chi connectivity index (χ0v) is 17.6. The summed E-state index contributed by atoms with van der Waals surface area (Å²) >= 11 is 0. The maximum atomic E-state index is 12.9. The lowest BCUT2D eigenvalue weighted by molar-refractivity contribution is 0.0551. The van der Waals surface area contributed by atoms with Gasteiger partial charge < -0.3 is 9.42 Å². The van der Waals surface area contributed by atoms with Gasteiger partial charge in [-0.25, -0.2) is 4.68 Å². The van der Waals surface area contributed by atoms with Crippen LogP contribution in [-0.4, -0.2) is 72.2 Å². The van der Waals surface area contributed by atoms with Crippen LogP contribution < -0.4 is 0 Å². The maximum absolute atomic E-state index is 12.9. The summed E-state index contributed by atoms with van der Waals surface area (Å²) in [5.74, 6) is 1.19. The minimum atomic E-state index is -0.0206. The van der Waals surface area contributed by atoms with E-state index in [1.165, 1.54) is 6.33 Å². The van der Waals surface area contributed by atoms with Gasteiger partial charge >= 0.3 is 0 Å². The van der Waals surface area contributed by atoms with E-state index in [1.807, 2.05) is 47.4 Å². The Balaban J connectivity index is 1.19.